The van der Waals surface area contributed by atoms with Crippen LogP contribution in [0.4, 0.5) is 13.2 Å². The number of nitrogens with zero attached hydrogens (tertiary/aromatic N) is 2. The standard InChI is InChI=1S/C16H14ClF3N2OS/c1-15(17)8-22-11-5-6-21(14(23)16(18,19)20)7-10(11)9-3-2-4-12(24-15)13(9)22/h2-4H,5-8H2,1H3. The fourth-order valence-corrected chi connectivity index (χ4v) is 5.11. The van der Waals surface area contributed by atoms with Crippen LogP contribution in [-0.4, -0.2) is 32.3 Å². The van der Waals surface area contributed by atoms with Crippen molar-refractivity contribution in [3.8, 4) is 0 Å². The van der Waals surface area contributed by atoms with E-state index in [9.17, 15) is 18.0 Å². The number of fused-ring (bicyclic) bond motifs is 3. The Labute approximate surface area is 145 Å². The summed E-state index contributed by atoms with van der Waals surface area (Å²) in [5.41, 5.74) is 2.83. The van der Waals surface area contributed by atoms with Gasteiger partial charge >= 0.3 is 12.1 Å². The van der Waals surface area contributed by atoms with Crippen LogP contribution in [0.3, 0.4) is 0 Å². The minimum Gasteiger partial charge on any atom is -0.341 e. The molecular weight excluding hydrogens is 361 g/mol. The Bertz CT molecular complexity index is 859. The molecule has 0 aliphatic carbocycles. The van der Waals surface area contributed by atoms with E-state index in [4.69, 9.17) is 11.6 Å². The highest BCUT2D eigenvalue weighted by Gasteiger charge is 2.44. The van der Waals surface area contributed by atoms with Crippen LogP contribution in [0.5, 0.6) is 0 Å². The van der Waals surface area contributed by atoms with Crippen molar-refractivity contribution in [1.29, 1.82) is 0 Å². The molecule has 3 heterocycles. The zero-order valence-electron chi connectivity index (χ0n) is 12.8. The van der Waals surface area contributed by atoms with Gasteiger partial charge in [-0.1, -0.05) is 23.9 Å². The normalized spacial score (nSPS) is 23.5. The number of halogens is 4. The predicted molar refractivity (Wildman–Crippen MR) is 87.2 cm³/mol. The topological polar surface area (TPSA) is 25.2 Å². The van der Waals surface area contributed by atoms with E-state index >= 15 is 0 Å². The molecule has 4 rings (SSSR count). The van der Waals surface area contributed by atoms with E-state index in [1.165, 1.54) is 0 Å². The summed E-state index contributed by atoms with van der Waals surface area (Å²) in [5, 5.41) is 0.918. The molecule has 0 spiro atoms. The summed E-state index contributed by atoms with van der Waals surface area (Å²) in [7, 11) is 0. The molecule has 128 valence electrons. The van der Waals surface area contributed by atoms with Gasteiger partial charge in [0.25, 0.3) is 0 Å². The first-order valence-electron chi connectivity index (χ1n) is 7.54. The number of aromatic nitrogens is 1. The summed E-state index contributed by atoms with van der Waals surface area (Å²) >= 11 is 8.12. The molecule has 2 aromatic rings. The number of carbonyl (C=O) groups excluding carboxylic acids is 1. The smallest absolute Gasteiger partial charge is 0.341 e. The van der Waals surface area contributed by atoms with Crippen LogP contribution in [0.1, 0.15) is 18.2 Å². The van der Waals surface area contributed by atoms with E-state index in [0.717, 1.165) is 32.0 Å². The van der Waals surface area contributed by atoms with E-state index < -0.39 is 16.3 Å². The first-order chi connectivity index (χ1) is 11.2. The van der Waals surface area contributed by atoms with Gasteiger partial charge in [0, 0.05) is 41.0 Å². The molecule has 0 bridgehead atoms. The van der Waals surface area contributed by atoms with Crippen LogP contribution in [-0.2, 0) is 24.3 Å². The lowest BCUT2D eigenvalue weighted by atomic mass is 10.0. The third-order valence-corrected chi connectivity index (χ3v) is 5.98. The average molecular weight is 375 g/mol. The molecule has 0 fully saturated rings. The fourth-order valence-electron chi connectivity index (χ4n) is 3.62. The highest BCUT2D eigenvalue weighted by Crippen LogP contribution is 2.48. The zero-order valence-corrected chi connectivity index (χ0v) is 14.4. The Morgan fingerprint density at radius 3 is 2.83 bits per heavy atom. The maximum atomic E-state index is 12.8. The number of hydrogen-bond acceptors (Lipinski definition) is 2. The zero-order chi connectivity index (χ0) is 17.3. The molecule has 24 heavy (non-hydrogen) atoms. The highest BCUT2D eigenvalue weighted by molar-refractivity contribution is 8.02. The van der Waals surface area contributed by atoms with Gasteiger partial charge in [-0.15, -0.1) is 11.6 Å². The van der Waals surface area contributed by atoms with Crippen molar-refractivity contribution in [2.45, 2.75) is 41.7 Å². The quantitative estimate of drug-likeness (QED) is 0.647. The summed E-state index contributed by atoms with van der Waals surface area (Å²) in [4.78, 5) is 13.5. The van der Waals surface area contributed by atoms with Gasteiger partial charge in [-0.05, 0) is 13.0 Å². The average Bonchev–Trinajstić information content (AvgIpc) is 2.79. The number of benzene rings is 1. The maximum Gasteiger partial charge on any atom is 0.471 e. The van der Waals surface area contributed by atoms with E-state index in [0.29, 0.717) is 13.0 Å². The van der Waals surface area contributed by atoms with Gasteiger partial charge in [0.2, 0.25) is 0 Å². The Balaban J connectivity index is 1.83. The second-order valence-electron chi connectivity index (χ2n) is 6.34. The lowest BCUT2D eigenvalue weighted by Crippen LogP contribution is -2.44. The van der Waals surface area contributed by atoms with E-state index in [1.54, 1.807) is 11.8 Å². The molecule has 1 atom stereocenters. The molecule has 3 nitrogen and oxygen atoms in total. The van der Waals surface area contributed by atoms with E-state index in [2.05, 4.69) is 4.57 Å². The Morgan fingerprint density at radius 1 is 1.38 bits per heavy atom. The number of para-hydroxylation sites is 1. The van der Waals surface area contributed by atoms with Crippen molar-refractivity contribution >= 4 is 40.2 Å². The SMILES string of the molecule is CC1(Cl)Cn2c3c(c4cccc(c42)S1)CN(C(=O)C(F)(F)F)CC3. The number of thioether (sulfide) groups is 1. The van der Waals surface area contributed by atoms with Gasteiger partial charge in [-0.25, -0.2) is 0 Å². The summed E-state index contributed by atoms with van der Waals surface area (Å²) in [5.74, 6) is -1.77. The summed E-state index contributed by atoms with van der Waals surface area (Å²) < 4.78 is 39.9. The molecule has 0 N–H and O–H groups in total. The Hall–Kier alpha value is -1.34. The monoisotopic (exact) mass is 374 g/mol. The third-order valence-electron chi connectivity index (χ3n) is 4.53. The summed E-state index contributed by atoms with van der Waals surface area (Å²) in [6.45, 7) is 2.60. The van der Waals surface area contributed by atoms with Crippen LogP contribution in [0.15, 0.2) is 23.1 Å². The highest BCUT2D eigenvalue weighted by atomic mass is 35.5. The largest absolute Gasteiger partial charge is 0.471 e. The fraction of sp³-hybridized carbons (Fsp3) is 0.438. The van der Waals surface area contributed by atoms with Crippen LogP contribution in [0, 0.1) is 0 Å². The number of carbonyl (C=O) groups is 1. The van der Waals surface area contributed by atoms with Gasteiger partial charge in [0.15, 0.2) is 0 Å². The predicted octanol–water partition coefficient (Wildman–Crippen LogP) is 4.15. The molecule has 1 unspecified atom stereocenters. The van der Waals surface area contributed by atoms with Gasteiger partial charge in [-0.2, -0.15) is 13.2 Å². The minimum atomic E-state index is -4.83. The lowest BCUT2D eigenvalue weighted by Gasteiger charge is -2.32. The van der Waals surface area contributed by atoms with Crippen LogP contribution in [0.25, 0.3) is 10.9 Å². The Kier molecular flexibility index (Phi) is 3.42. The molecule has 1 aromatic heterocycles. The summed E-state index contributed by atoms with van der Waals surface area (Å²) in [6.07, 6.45) is -4.43. The molecule has 1 aromatic carbocycles. The van der Waals surface area contributed by atoms with Crippen LogP contribution in [0.2, 0.25) is 0 Å². The molecule has 8 heteroatoms. The number of rotatable bonds is 0. The molecule has 0 saturated carbocycles. The van der Waals surface area contributed by atoms with Crippen molar-refractivity contribution in [2.75, 3.05) is 6.54 Å². The van der Waals surface area contributed by atoms with Gasteiger partial charge < -0.3 is 9.47 Å². The summed E-state index contributed by atoms with van der Waals surface area (Å²) in [6, 6.07) is 5.78. The second-order valence-corrected chi connectivity index (χ2v) is 8.95. The number of amides is 1. The molecule has 0 saturated heterocycles. The van der Waals surface area contributed by atoms with Crippen molar-refractivity contribution < 1.29 is 18.0 Å². The molecule has 1 amide bonds. The van der Waals surface area contributed by atoms with Crippen molar-refractivity contribution in [2.24, 2.45) is 0 Å². The van der Waals surface area contributed by atoms with Gasteiger partial charge in [-0.3, -0.25) is 4.79 Å². The number of alkyl halides is 4. The Morgan fingerprint density at radius 2 is 2.12 bits per heavy atom. The minimum absolute atomic E-state index is 0.00963. The molecule has 2 aliphatic rings. The first-order valence-corrected chi connectivity index (χ1v) is 8.74. The second kappa shape index (κ2) is 5.08. The van der Waals surface area contributed by atoms with Crippen LogP contribution < -0.4 is 0 Å². The molecule has 2 aliphatic heterocycles. The maximum absolute atomic E-state index is 12.8. The third kappa shape index (κ3) is 2.40. The first kappa shape index (κ1) is 16.1. The van der Waals surface area contributed by atoms with Crippen molar-refractivity contribution in [3.63, 3.8) is 0 Å². The van der Waals surface area contributed by atoms with Crippen molar-refractivity contribution in [3.05, 3.63) is 29.5 Å². The van der Waals surface area contributed by atoms with Gasteiger partial charge in [0.1, 0.15) is 4.21 Å². The number of hydrogen-bond donors (Lipinski definition) is 0. The van der Waals surface area contributed by atoms with Gasteiger partial charge in [0.05, 0.1) is 12.1 Å². The molecule has 0 radical (unpaired) electrons. The van der Waals surface area contributed by atoms with Crippen molar-refractivity contribution in [1.82, 2.24) is 9.47 Å². The van der Waals surface area contributed by atoms with E-state index in [1.807, 2.05) is 25.1 Å². The van der Waals surface area contributed by atoms with Crippen LogP contribution >= 0.6 is 23.4 Å². The lowest BCUT2D eigenvalue weighted by molar-refractivity contribution is -0.186. The molecular formula is C16H14ClF3N2OS. The van der Waals surface area contributed by atoms with E-state index in [-0.39, 0.29) is 13.1 Å².